The molecule has 1 saturated heterocycles. The molecule has 1 nitrogen and oxygen atoms in total. The molecule has 0 aliphatic carbocycles. The maximum Gasteiger partial charge on any atom is 0.148 e. The Kier molecular flexibility index (Phi) is 5.34. The Balaban J connectivity index is 2.23. The van der Waals surface area contributed by atoms with Gasteiger partial charge in [-0.3, -0.25) is 0 Å². The first-order valence-corrected chi connectivity index (χ1v) is 8.37. The molecule has 1 aliphatic rings. The van der Waals surface area contributed by atoms with Gasteiger partial charge < -0.3 is 4.74 Å². The molecule has 3 heteroatoms. The van der Waals surface area contributed by atoms with Gasteiger partial charge in [-0.05, 0) is 36.0 Å². The molecule has 0 radical (unpaired) electrons. The highest BCUT2D eigenvalue weighted by Crippen LogP contribution is 2.46. The number of hydrogen-bond acceptors (Lipinski definition) is 3. The number of thioether (sulfide) groups is 2. The van der Waals surface area contributed by atoms with Crippen LogP contribution in [0.1, 0.15) is 29.1 Å². The Morgan fingerprint density at radius 1 is 1.39 bits per heavy atom. The number of aryl methyl sites for hydroxylation is 1. The molecule has 18 heavy (non-hydrogen) atoms. The minimum Gasteiger partial charge on any atom is -0.481 e. The highest BCUT2D eigenvalue weighted by Gasteiger charge is 2.20. The summed E-state index contributed by atoms with van der Waals surface area (Å²) >= 11 is 4.02. The second-order valence-corrected chi connectivity index (χ2v) is 6.87. The summed E-state index contributed by atoms with van der Waals surface area (Å²) < 4.78 is 6.22. The fourth-order valence-electron chi connectivity index (χ4n) is 1.91. The topological polar surface area (TPSA) is 9.23 Å². The SMILES string of the molecule is C#CCOc1cc(CC)ccc1C1SCCCS1. The summed E-state index contributed by atoms with van der Waals surface area (Å²) in [6.45, 7) is 2.51. The third-order valence-corrected chi connectivity index (χ3v) is 5.86. The van der Waals surface area contributed by atoms with Gasteiger partial charge in [0, 0.05) is 5.56 Å². The van der Waals surface area contributed by atoms with Crippen molar-refractivity contribution in [1.29, 1.82) is 0 Å². The summed E-state index contributed by atoms with van der Waals surface area (Å²) in [5.74, 6) is 6.00. The van der Waals surface area contributed by atoms with E-state index in [1.807, 2.05) is 23.5 Å². The lowest BCUT2D eigenvalue weighted by molar-refractivity contribution is 0.367. The first-order chi connectivity index (χ1) is 8.85. The Bertz CT molecular complexity index is 431. The van der Waals surface area contributed by atoms with Crippen LogP contribution in [0, 0.1) is 12.3 Å². The molecule has 1 fully saturated rings. The molecule has 1 aromatic rings. The van der Waals surface area contributed by atoms with Crippen molar-refractivity contribution in [3.63, 3.8) is 0 Å². The van der Waals surface area contributed by atoms with Crippen LogP contribution in [0.2, 0.25) is 0 Å². The van der Waals surface area contributed by atoms with Crippen molar-refractivity contribution in [1.82, 2.24) is 0 Å². The van der Waals surface area contributed by atoms with E-state index in [0.717, 1.165) is 12.2 Å². The van der Waals surface area contributed by atoms with Crippen LogP contribution in [0.25, 0.3) is 0 Å². The standard InChI is InChI=1S/C15H18OS2/c1-3-8-16-14-11-12(4-2)6-7-13(14)15-17-9-5-10-18-15/h1,6-7,11,15H,4-5,8-10H2,2H3. The van der Waals surface area contributed by atoms with Gasteiger partial charge in [0.15, 0.2) is 0 Å². The lowest BCUT2D eigenvalue weighted by Crippen LogP contribution is -2.04. The van der Waals surface area contributed by atoms with E-state index in [1.165, 1.54) is 29.1 Å². The largest absolute Gasteiger partial charge is 0.481 e. The van der Waals surface area contributed by atoms with E-state index in [9.17, 15) is 0 Å². The van der Waals surface area contributed by atoms with E-state index in [2.05, 4.69) is 31.0 Å². The number of hydrogen-bond donors (Lipinski definition) is 0. The number of terminal acetylenes is 1. The molecule has 96 valence electrons. The molecule has 0 bridgehead atoms. The van der Waals surface area contributed by atoms with Crippen LogP contribution in [0.3, 0.4) is 0 Å². The van der Waals surface area contributed by atoms with Gasteiger partial charge >= 0.3 is 0 Å². The summed E-state index contributed by atoms with van der Waals surface area (Å²) in [4.78, 5) is 0. The van der Waals surface area contributed by atoms with E-state index in [4.69, 9.17) is 11.2 Å². The zero-order valence-corrected chi connectivity index (χ0v) is 12.3. The lowest BCUT2D eigenvalue weighted by Gasteiger charge is -2.23. The van der Waals surface area contributed by atoms with Gasteiger partial charge in [-0.2, -0.15) is 0 Å². The molecule has 0 atom stereocenters. The molecule has 0 spiro atoms. The highest BCUT2D eigenvalue weighted by atomic mass is 32.2. The Morgan fingerprint density at radius 2 is 2.17 bits per heavy atom. The van der Waals surface area contributed by atoms with Crippen LogP contribution < -0.4 is 4.74 Å². The van der Waals surface area contributed by atoms with Crippen LogP contribution in [-0.2, 0) is 6.42 Å². The predicted octanol–water partition coefficient (Wildman–Crippen LogP) is 4.13. The maximum atomic E-state index is 5.72. The Labute approximate surface area is 118 Å². The Morgan fingerprint density at radius 3 is 2.83 bits per heavy atom. The summed E-state index contributed by atoms with van der Waals surface area (Å²) in [7, 11) is 0. The van der Waals surface area contributed by atoms with Crippen molar-refractivity contribution in [3.05, 3.63) is 29.3 Å². The molecule has 0 amide bonds. The summed E-state index contributed by atoms with van der Waals surface area (Å²) in [6.07, 6.45) is 7.62. The van der Waals surface area contributed by atoms with Crippen molar-refractivity contribution in [2.45, 2.75) is 24.3 Å². The molecular formula is C15H18OS2. The summed E-state index contributed by atoms with van der Waals surface area (Å²) in [6, 6.07) is 6.55. The van der Waals surface area contributed by atoms with Crippen molar-refractivity contribution in [2.75, 3.05) is 18.1 Å². The number of rotatable bonds is 4. The minimum absolute atomic E-state index is 0.349. The highest BCUT2D eigenvalue weighted by molar-refractivity contribution is 8.16. The van der Waals surface area contributed by atoms with E-state index in [0.29, 0.717) is 11.2 Å². The second kappa shape index (κ2) is 7.01. The fourth-order valence-corrected chi connectivity index (χ4v) is 4.85. The van der Waals surface area contributed by atoms with Gasteiger partial charge in [-0.15, -0.1) is 29.9 Å². The van der Waals surface area contributed by atoms with Crippen LogP contribution in [0.4, 0.5) is 0 Å². The van der Waals surface area contributed by atoms with Crippen LogP contribution >= 0.6 is 23.5 Å². The number of benzene rings is 1. The second-order valence-electron chi connectivity index (χ2n) is 4.15. The van der Waals surface area contributed by atoms with Gasteiger partial charge in [-0.1, -0.05) is 25.0 Å². The van der Waals surface area contributed by atoms with E-state index >= 15 is 0 Å². The smallest absolute Gasteiger partial charge is 0.148 e. The van der Waals surface area contributed by atoms with Crippen molar-refractivity contribution < 1.29 is 4.74 Å². The maximum absolute atomic E-state index is 5.72. The van der Waals surface area contributed by atoms with Gasteiger partial charge in [0.1, 0.15) is 12.4 Å². The van der Waals surface area contributed by atoms with Crippen molar-refractivity contribution in [2.24, 2.45) is 0 Å². The van der Waals surface area contributed by atoms with E-state index < -0.39 is 0 Å². The Hall–Kier alpha value is -0.720. The van der Waals surface area contributed by atoms with Gasteiger partial charge in [0.25, 0.3) is 0 Å². The first-order valence-electron chi connectivity index (χ1n) is 6.27. The van der Waals surface area contributed by atoms with Crippen LogP contribution in [0.5, 0.6) is 5.75 Å². The zero-order chi connectivity index (χ0) is 12.8. The predicted molar refractivity (Wildman–Crippen MR) is 82.4 cm³/mol. The average Bonchev–Trinajstić information content (AvgIpc) is 2.45. The molecule has 1 aliphatic heterocycles. The molecule has 1 heterocycles. The quantitative estimate of drug-likeness (QED) is 0.766. The van der Waals surface area contributed by atoms with E-state index in [-0.39, 0.29) is 0 Å². The molecule has 0 saturated carbocycles. The fraction of sp³-hybridized carbons (Fsp3) is 0.467. The molecule has 0 aromatic heterocycles. The lowest BCUT2D eigenvalue weighted by atomic mass is 10.1. The van der Waals surface area contributed by atoms with Gasteiger partial charge in [0.05, 0.1) is 4.58 Å². The minimum atomic E-state index is 0.349. The first kappa shape index (κ1) is 13.7. The van der Waals surface area contributed by atoms with Crippen molar-refractivity contribution >= 4 is 23.5 Å². The van der Waals surface area contributed by atoms with Gasteiger partial charge in [0.2, 0.25) is 0 Å². The van der Waals surface area contributed by atoms with Crippen LogP contribution in [0.15, 0.2) is 18.2 Å². The molecule has 2 rings (SSSR count). The normalized spacial score (nSPS) is 16.2. The average molecular weight is 278 g/mol. The third kappa shape index (κ3) is 3.40. The molecular weight excluding hydrogens is 260 g/mol. The van der Waals surface area contributed by atoms with Crippen LogP contribution in [-0.4, -0.2) is 18.1 Å². The summed E-state index contributed by atoms with van der Waals surface area (Å²) in [5.41, 5.74) is 2.59. The zero-order valence-electron chi connectivity index (χ0n) is 10.6. The molecule has 0 unspecified atom stereocenters. The number of ether oxygens (including phenoxy) is 1. The monoisotopic (exact) mass is 278 g/mol. The van der Waals surface area contributed by atoms with E-state index in [1.54, 1.807) is 0 Å². The van der Waals surface area contributed by atoms with Gasteiger partial charge in [-0.25, -0.2) is 0 Å². The van der Waals surface area contributed by atoms with Crippen molar-refractivity contribution in [3.8, 4) is 18.1 Å². The third-order valence-electron chi connectivity index (χ3n) is 2.88. The summed E-state index contributed by atoms with van der Waals surface area (Å²) in [5, 5.41) is 0. The molecule has 1 aromatic carbocycles. The molecule has 0 N–H and O–H groups in total.